The Hall–Kier alpha value is -1.75. The van der Waals surface area contributed by atoms with Gasteiger partial charge < -0.3 is 14.8 Å². The summed E-state index contributed by atoms with van der Waals surface area (Å²) < 4.78 is 11.5. The highest BCUT2D eigenvalue weighted by atomic mass is 32.1. The van der Waals surface area contributed by atoms with Crippen molar-refractivity contribution in [3.8, 4) is 22.8 Å². The normalized spacial score (nSPS) is 13.5. The number of fused-ring (bicyclic) bond motifs is 1. The first-order valence-electron chi connectivity index (χ1n) is 9.46. The van der Waals surface area contributed by atoms with Crippen LogP contribution in [-0.4, -0.2) is 24.7 Å². The van der Waals surface area contributed by atoms with Crippen molar-refractivity contribution in [3.63, 3.8) is 0 Å². The third-order valence-electron chi connectivity index (χ3n) is 4.35. The van der Waals surface area contributed by atoms with E-state index in [0.717, 1.165) is 47.5 Å². The summed E-state index contributed by atoms with van der Waals surface area (Å²) in [4.78, 5) is 4.71. The molecular formula is C20H28N2O2S. The van der Waals surface area contributed by atoms with Gasteiger partial charge in [0.05, 0.1) is 18.9 Å². The highest BCUT2D eigenvalue weighted by Gasteiger charge is 2.13. The number of anilines is 1. The highest BCUT2D eigenvalue weighted by Crippen LogP contribution is 2.35. The lowest BCUT2D eigenvalue weighted by atomic mass is 10.1. The van der Waals surface area contributed by atoms with Gasteiger partial charge in [0.1, 0.15) is 0 Å². The molecule has 0 unspecified atom stereocenters. The summed E-state index contributed by atoms with van der Waals surface area (Å²) in [6.45, 7) is 4.68. The van der Waals surface area contributed by atoms with Crippen molar-refractivity contribution < 1.29 is 9.47 Å². The maximum Gasteiger partial charge on any atom is 0.183 e. The van der Waals surface area contributed by atoms with E-state index in [-0.39, 0.29) is 0 Å². The van der Waals surface area contributed by atoms with E-state index in [1.54, 1.807) is 11.3 Å². The van der Waals surface area contributed by atoms with Gasteiger partial charge in [0.15, 0.2) is 16.6 Å². The standard InChI is InChI=1S/C20H28N2O2S/c1-2-3-4-5-6-7-11-21-20-22-17(15-25-20)16-9-10-18-19(14-16)24-13-8-12-23-18/h9-10,14-15H,2-8,11-13H2,1H3,(H,21,22). The third kappa shape index (κ3) is 5.36. The second-order valence-corrected chi connectivity index (χ2v) is 7.30. The van der Waals surface area contributed by atoms with Gasteiger partial charge in [0.25, 0.3) is 0 Å². The molecule has 1 aromatic carbocycles. The Kier molecular flexibility index (Phi) is 6.98. The zero-order chi connectivity index (χ0) is 17.3. The Morgan fingerprint density at radius 2 is 1.84 bits per heavy atom. The molecule has 1 aliphatic rings. The fourth-order valence-electron chi connectivity index (χ4n) is 2.91. The molecule has 1 aromatic heterocycles. The molecule has 0 saturated heterocycles. The maximum atomic E-state index is 5.77. The van der Waals surface area contributed by atoms with E-state index in [2.05, 4.69) is 23.7 Å². The van der Waals surface area contributed by atoms with Gasteiger partial charge in [-0.05, 0) is 24.6 Å². The highest BCUT2D eigenvalue weighted by molar-refractivity contribution is 7.14. The number of aromatic nitrogens is 1. The minimum atomic E-state index is 0.707. The van der Waals surface area contributed by atoms with Crippen LogP contribution in [0.5, 0.6) is 11.5 Å². The maximum absolute atomic E-state index is 5.77. The van der Waals surface area contributed by atoms with E-state index in [9.17, 15) is 0 Å². The molecule has 0 fully saturated rings. The van der Waals surface area contributed by atoms with Crippen LogP contribution in [0.25, 0.3) is 11.3 Å². The Labute approximate surface area is 154 Å². The summed E-state index contributed by atoms with van der Waals surface area (Å²) in [5, 5.41) is 6.55. The van der Waals surface area contributed by atoms with Gasteiger partial charge in [0, 0.05) is 23.9 Å². The molecule has 0 spiro atoms. The first-order chi connectivity index (χ1) is 12.4. The monoisotopic (exact) mass is 360 g/mol. The van der Waals surface area contributed by atoms with Crippen LogP contribution < -0.4 is 14.8 Å². The number of hydrogen-bond donors (Lipinski definition) is 1. The molecule has 2 heterocycles. The van der Waals surface area contributed by atoms with Gasteiger partial charge in [-0.25, -0.2) is 4.98 Å². The van der Waals surface area contributed by atoms with Crippen LogP contribution in [0.3, 0.4) is 0 Å². The van der Waals surface area contributed by atoms with Gasteiger partial charge in [0.2, 0.25) is 0 Å². The van der Waals surface area contributed by atoms with Crippen molar-refractivity contribution in [2.45, 2.75) is 51.9 Å². The van der Waals surface area contributed by atoms with Crippen molar-refractivity contribution >= 4 is 16.5 Å². The van der Waals surface area contributed by atoms with Gasteiger partial charge in [-0.15, -0.1) is 11.3 Å². The second-order valence-electron chi connectivity index (χ2n) is 6.44. The van der Waals surface area contributed by atoms with Crippen molar-refractivity contribution in [1.29, 1.82) is 0 Å². The molecule has 3 rings (SSSR count). The number of ether oxygens (including phenoxy) is 2. The minimum absolute atomic E-state index is 0.707. The Morgan fingerprint density at radius 3 is 2.72 bits per heavy atom. The molecule has 25 heavy (non-hydrogen) atoms. The fraction of sp³-hybridized carbons (Fsp3) is 0.550. The number of hydrogen-bond acceptors (Lipinski definition) is 5. The van der Waals surface area contributed by atoms with Crippen LogP contribution in [0, 0.1) is 0 Å². The van der Waals surface area contributed by atoms with Crippen LogP contribution >= 0.6 is 11.3 Å². The fourth-order valence-corrected chi connectivity index (χ4v) is 3.66. The molecule has 0 atom stereocenters. The average Bonchev–Trinajstić information content (AvgIpc) is 2.98. The van der Waals surface area contributed by atoms with E-state index in [0.29, 0.717) is 6.61 Å². The lowest BCUT2D eigenvalue weighted by Crippen LogP contribution is -2.00. The second kappa shape index (κ2) is 9.66. The number of benzene rings is 1. The van der Waals surface area contributed by atoms with E-state index in [1.165, 1.54) is 38.5 Å². The SMILES string of the molecule is CCCCCCCCNc1nc(-c2ccc3c(c2)OCCCO3)cs1. The van der Waals surface area contributed by atoms with Crippen LogP contribution in [0.1, 0.15) is 51.9 Å². The van der Waals surface area contributed by atoms with E-state index >= 15 is 0 Å². The Balaban J connectivity index is 1.50. The van der Waals surface area contributed by atoms with E-state index < -0.39 is 0 Å². The lowest BCUT2D eigenvalue weighted by molar-refractivity contribution is 0.297. The summed E-state index contributed by atoms with van der Waals surface area (Å²) in [5.74, 6) is 1.66. The number of nitrogens with one attached hydrogen (secondary N) is 1. The molecular weight excluding hydrogens is 332 g/mol. The van der Waals surface area contributed by atoms with Crippen LogP contribution in [-0.2, 0) is 0 Å². The van der Waals surface area contributed by atoms with Crippen LogP contribution in [0.2, 0.25) is 0 Å². The van der Waals surface area contributed by atoms with Gasteiger partial charge in [-0.2, -0.15) is 0 Å². The van der Waals surface area contributed by atoms with Gasteiger partial charge in [-0.1, -0.05) is 39.0 Å². The quantitative estimate of drug-likeness (QED) is 0.579. The number of rotatable bonds is 9. The molecule has 5 heteroatoms. The third-order valence-corrected chi connectivity index (χ3v) is 5.15. The number of unbranched alkanes of at least 4 members (excludes halogenated alkanes) is 5. The van der Waals surface area contributed by atoms with Crippen LogP contribution in [0.15, 0.2) is 23.6 Å². The summed E-state index contributed by atoms with van der Waals surface area (Å²) in [5.41, 5.74) is 2.07. The molecule has 4 nitrogen and oxygen atoms in total. The first-order valence-corrected chi connectivity index (χ1v) is 10.3. The zero-order valence-corrected chi connectivity index (χ0v) is 15.9. The summed E-state index contributed by atoms with van der Waals surface area (Å²) in [7, 11) is 0. The van der Waals surface area contributed by atoms with Crippen molar-refractivity contribution in [2.75, 3.05) is 25.1 Å². The summed E-state index contributed by atoms with van der Waals surface area (Å²) >= 11 is 1.66. The molecule has 0 saturated carbocycles. The van der Waals surface area contributed by atoms with Crippen molar-refractivity contribution in [2.24, 2.45) is 0 Å². The molecule has 0 aliphatic carbocycles. The van der Waals surface area contributed by atoms with E-state index in [4.69, 9.17) is 14.5 Å². The molecule has 0 amide bonds. The largest absolute Gasteiger partial charge is 0.490 e. The zero-order valence-electron chi connectivity index (χ0n) is 15.1. The Bertz CT molecular complexity index is 657. The van der Waals surface area contributed by atoms with Crippen molar-refractivity contribution in [3.05, 3.63) is 23.6 Å². The molecule has 136 valence electrons. The van der Waals surface area contributed by atoms with Crippen LogP contribution in [0.4, 0.5) is 5.13 Å². The molecule has 0 bridgehead atoms. The Morgan fingerprint density at radius 1 is 1.04 bits per heavy atom. The molecule has 1 N–H and O–H groups in total. The summed E-state index contributed by atoms with van der Waals surface area (Å²) in [6, 6.07) is 6.08. The summed E-state index contributed by atoms with van der Waals surface area (Å²) in [6.07, 6.45) is 8.81. The van der Waals surface area contributed by atoms with Crippen molar-refractivity contribution in [1.82, 2.24) is 4.98 Å². The lowest BCUT2D eigenvalue weighted by Gasteiger charge is -2.08. The minimum Gasteiger partial charge on any atom is -0.490 e. The molecule has 1 aliphatic heterocycles. The molecule has 2 aromatic rings. The van der Waals surface area contributed by atoms with Gasteiger partial charge in [-0.3, -0.25) is 0 Å². The number of thiazole rings is 1. The first kappa shape index (κ1) is 18.1. The topological polar surface area (TPSA) is 43.4 Å². The smallest absolute Gasteiger partial charge is 0.183 e. The van der Waals surface area contributed by atoms with E-state index in [1.807, 2.05) is 12.1 Å². The average molecular weight is 361 g/mol. The molecule has 0 radical (unpaired) electrons. The predicted octanol–water partition coefficient (Wildman–Crippen LogP) is 5.74. The number of nitrogens with zero attached hydrogens (tertiary/aromatic N) is 1. The predicted molar refractivity (Wildman–Crippen MR) is 105 cm³/mol. The van der Waals surface area contributed by atoms with Gasteiger partial charge >= 0.3 is 0 Å².